The second-order valence-electron chi connectivity index (χ2n) is 3.71. The number of halogens is 2. The number of aliphatic hydroxyl groups is 1. The molecule has 0 saturated heterocycles. The van der Waals surface area contributed by atoms with E-state index in [1.54, 1.807) is 6.07 Å². The number of hydrogen-bond donors (Lipinski definition) is 1. The standard InChI is InChI=1S/C11H14BrFO/c1-7(2)9(6-14)8-3-4-10(12)11(13)5-8/h3-5,7,9,14H,6H2,1-2H3. The van der Waals surface area contributed by atoms with Gasteiger partial charge in [0.05, 0.1) is 11.1 Å². The average molecular weight is 261 g/mol. The molecule has 1 atom stereocenters. The molecule has 1 N–H and O–H groups in total. The largest absolute Gasteiger partial charge is 0.396 e. The number of aliphatic hydroxyl groups excluding tert-OH is 1. The molecule has 14 heavy (non-hydrogen) atoms. The lowest BCUT2D eigenvalue weighted by Gasteiger charge is -2.18. The van der Waals surface area contributed by atoms with Gasteiger partial charge in [0.25, 0.3) is 0 Å². The van der Waals surface area contributed by atoms with Crippen molar-refractivity contribution in [1.29, 1.82) is 0 Å². The Bertz CT molecular complexity index is 312. The van der Waals surface area contributed by atoms with Gasteiger partial charge in [0.15, 0.2) is 0 Å². The van der Waals surface area contributed by atoms with Crippen molar-refractivity contribution < 1.29 is 9.50 Å². The summed E-state index contributed by atoms with van der Waals surface area (Å²) in [7, 11) is 0. The quantitative estimate of drug-likeness (QED) is 0.884. The van der Waals surface area contributed by atoms with Gasteiger partial charge in [-0.15, -0.1) is 0 Å². The molecule has 0 aliphatic heterocycles. The Morgan fingerprint density at radius 3 is 2.50 bits per heavy atom. The van der Waals surface area contributed by atoms with Crippen LogP contribution in [0.4, 0.5) is 4.39 Å². The Labute approximate surface area is 92.1 Å². The highest BCUT2D eigenvalue weighted by atomic mass is 79.9. The van der Waals surface area contributed by atoms with Gasteiger partial charge in [-0.1, -0.05) is 19.9 Å². The monoisotopic (exact) mass is 260 g/mol. The summed E-state index contributed by atoms with van der Waals surface area (Å²) in [5.74, 6) is 0.0415. The fraction of sp³-hybridized carbons (Fsp3) is 0.455. The SMILES string of the molecule is CC(C)C(CO)c1ccc(Br)c(F)c1. The molecule has 0 radical (unpaired) electrons. The number of hydrogen-bond acceptors (Lipinski definition) is 1. The molecule has 0 fully saturated rings. The fourth-order valence-electron chi connectivity index (χ4n) is 1.44. The minimum absolute atomic E-state index is 0.0117. The van der Waals surface area contributed by atoms with Crippen molar-refractivity contribution in [2.45, 2.75) is 19.8 Å². The lowest BCUT2D eigenvalue weighted by Crippen LogP contribution is -2.11. The highest BCUT2D eigenvalue weighted by molar-refractivity contribution is 9.10. The van der Waals surface area contributed by atoms with E-state index in [0.717, 1.165) is 5.56 Å². The molecule has 0 aliphatic rings. The first-order valence-electron chi connectivity index (χ1n) is 4.62. The summed E-state index contributed by atoms with van der Waals surface area (Å²) in [6.07, 6.45) is 0. The first kappa shape index (κ1) is 11.7. The summed E-state index contributed by atoms with van der Waals surface area (Å²) >= 11 is 3.10. The normalized spacial score (nSPS) is 13.3. The molecule has 1 rings (SSSR count). The lowest BCUT2D eigenvalue weighted by molar-refractivity contribution is 0.237. The first-order valence-corrected chi connectivity index (χ1v) is 5.41. The molecular formula is C11H14BrFO. The molecule has 78 valence electrons. The van der Waals surface area contributed by atoms with Crippen LogP contribution in [0.5, 0.6) is 0 Å². The third kappa shape index (κ3) is 2.55. The maximum Gasteiger partial charge on any atom is 0.137 e. The molecule has 0 amide bonds. The predicted octanol–water partition coefficient (Wildman–Crippen LogP) is 3.32. The van der Waals surface area contributed by atoms with E-state index < -0.39 is 0 Å². The Balaban J connectivity index is 3.00. The van der Waals surface area contributed by atoms with Crippen LogP contribution in [-0.4, -0.2) is 11.7 Å². The number of rotatable bonds is 3. The second-order valence-corrected chi connectivity index (χ2v) is 4.56. The van der Waals surface area contributed by atoms with Crippen molar-refractivity contribution in [2.24, 2.45) is 5.92 Å². The third-order valence-corrected chi connectivity index (χ3v) is 3.02. The Morgan fingerprint density at radius 2 is 2.07 bits per heavy atom. The molecular weight excluding hydrogens is 247 g/mol. The Hall–Kier alpha value is -0.410. The van der Waals surface area contributed by atoms with Crippen molar-refractivity contribution in [3.8, 4) is 0 Å². The first-order chi connectivity index (χ1) is 6.56. The molecule has 0 saturated carbocycles. The summed E-state index contributed by atoms with van der Waals surface area (Å²) in [6.45, 7) is 4.08. The van der Waals surface area contributed by atoms with Crippen LogP contribution in [0.15, 0.2) is 22.7 Å². The minimum Gasteiger partial charge on any atom is -0.396 e. The van der Waals surface area contributed by atoms with E-state index in [-0.39, 0.29) is 18.3 Å². The topological polar surface area (TPSA) is 20.2 Å². The van der Waals surface area contributed by atoms with Gasteiger partial charge in [-0.2, -0.15) is 0 Å². The van der Waals surface area contributed by atoms with Crippen molar-refractivity contribution in [2.75, 3.05) is 6.61 Å². The molecule has 3 heteroatoms. The third-order valence-electron chi connectivity index (χ3n) is 2.37. The van der Waals surface area contributed by atoms with Crippen LogP contribution >= 0.6 is 15.9 Å². The maximum absolute atomic E-state index is 13.2. The second kappa shape index (κ2) is 4.89. The van der Waals surface area contributed by atoms with Crippen molar-refractivity contribution in [3.05, 3.63) is 34.1 Å². The van der Waals surface area contributed by atoms with Gasteiger partial charge in [-0.25, -0.2) is 4.39 Å². The molecule has 0 spiro atoms. The lowest BCUT2D eigenvalue weighted by atomic mass is 9.89. The van der Waals surface area contributed by atoms with Crippen LogP contribution < -0.4 is 0 Å². The smallest absolute Gasteiger partial charge is 0.137 e. The molecule has 0 heterocycles. The van der Waals surface area contributed by atoms with Gasteiger partial charge in [0.2, 0.25) is 0 Å². The van der Waals surface area contributed by atoms with E-state index in [2.05, 4.69) is 15.9 Å². The van der Waals surface area contributed by atoms with Crippen molar-refractivity contribution in [1.82, 2.24) is 0 Å². The average Bonchev–Trinajstić information content (AvgIpc) is 2.11. The van der Waals surface area contributed by atoms with E-state index in [9.17, 15) is 9.50 Å². The van der Waals surface area contributed by atoms with Crippen LogP contribution in [0.1, 0.15) is 25.3 Å². The summed E-state index contributed by atoms with van der Waals surface area (Å²) < 4.78 is 13.7. The summed E-state index contributed by atoms with van der Waals surface area (Å²) in [5.41, 5.74) is 0.850. The van der Waals surface area contributed by atoms with E-state index >= 15 is 0 Å². The summed E-state index contributed by atoms with van der Waals surface area (Å²) in [6, 6.07) is 4.99. The van der Waals surface area contributed by atoms with Gasteiger partial charge in [-0.05, 0) is 39.5 Å². The molecule has 1 aromatic carbocycles. The molecule has 1 nitrogen and oxygen atoms in total. The van der Waals surface area contributed by atoms with Crippen LogP contribution in [0.3, 0.4) is 0 Å². The van der Waals surface area contributed by atoms with E-state index in [1.807, 2.05) is 19.9 Å². The summed E-state index contributed by atoms with van der Waals surface area (Å²) in [5, 5.41) is 9.18. The highest BCUT2D eigenvalue weighted by Gasteiger charge is 2.15. The zero-order chi connectivity index (χ0) is 10.7. The maximum atomic E-state index is 13.2. The van der Waals surface area contributed by atoms with Crippen molar-refractivity contribution in [3.63, 3.8) is 0 Å². The van der Waals surface area contributed by atoms with Crippen LogP contribution in [0.25, 0.3) is 0 Å². The van der Waals surface area contributed by atoms with Gasteiger partial charge < -0.3 is 5.11 Å². The predicted molar refractivity (Wildman–Crippen MR) is 58.8 cm³/mol. The van der Waals surface area contributed by atoms with E-state index in [0.29, 0.717) is 10.4 Å². The van der Waals surface area contributed by atoms with Gasteiger partial charge in [0, 0.05) is 5.92 Å². The highest BCUT2D eigenvalue weighted by Crippen LogP contribution is 2.26. The fourth-order valence-corrected chi connectivity index (χ4v) is 1.69. The molecule has 1 unspecified atom stereocenters. The van der Waals surface area contributed by atoms with Crippen LogP contribution in [-0.2, 0) is 0 Å². The van der Waals surface area contributed by atoms with E-state index in [1.165, 1.54) is 6.07 Å². The Morgan fingerprint density at radius 1 is 1.43 bits per heavy atom. The molecule has 0 aromatic heterocycles. The van der Waals surface area contributed by atoms with Crippen molar-refractivity contribution >= 4 is 15.9 Å². The molecule has 1 aromatic rings. The Kier molecular flexibility index (Phi) is 4.08. The van der Waals surface area contributed by atoms with Gasteiger partial charge in [-0.3, -0.25) is 0 Å². The molecule has 0 aliphatic carbocycles. The number of benzene rings is 1. The zero-order valence-corrected chi connectivity index (χ0v) is 9.88. The van der Waals surface area contributed by atoms with Gasteiger partial charge in [0.1, 0.15) is 5.82 Å². The molecule has 0 bridgehead atoms. The van der Waals surface area contributed by atoms with Crippen LogP contribution in [0, 0.1) is 11.7 Å². The van der Waals surface area contributed by atoms with E-state index in [4.69, 9.17) is 0 Å². The summed E-state index contributed by atoms with van der Waals surface area (Å²) in [4.78, 5) is 0. The van der Waals surface area contributed by atoms with Crippen LogP contribution in [0.2, 0.25) is 0 Å². The minimum atomic E-state index is -0.276. The van der Waals surface area contributed by atoms with Gasteiger partial charge >= 0.3 is 0 Å². The zero-order valence-electron chi connectivity index (χ0n) is 8.30.